The van der Waals surface area contributed by atoms with Crippen LogP contribution >= 0.6 is 0 Å². The summed E-state index contributed by atoms with van der Waals surface area (Å²) in [6, 6.07) is 6.92. The molecule has 0 aromatic heterocycles. The molecule has 14 heavy (non-hydrogen) atoms. The summed E-state index contributed by atoms with van der Waals surface area (Å²) < 4.78 is 12.6. The second-order valence-electron chi connectivity index (χ2n) is 4.18. The Balaban J connectivity index is 2.47. The number of anilines is 1. The third-order valence-corrected chi connectivity index (χ3v) is 2.08. The first-order chi connectivity index (χ1) is 6.58. The van der Waals surface area contributed by atoms with Gasteiger partial charge in [0.05, 0.1) is 0 Å². The number of rotatable bonds is 4. The molecule has 78 valence electrons. The molecule has 0 heterocycles. The van der Waals surface area contributed by atoms with Gasteiger partial charge in [-0.3, -0.25) is 0 Å². The van der Waals surface area contributed by atoms with Gasteiger partial charge in [-0.2, -0.15) is 0 Å². The Hall–Kier alpha value is -1.05. The van der Waals surface area contributed by atoms with Crippen LogP contribution in [-0.2, 0) is 0 Å². The fraction of sp³-hybridized carbons (Fsp3) is 0.500. The summed E-state index contributed by atoms with van der Waals surface area (Å²) in [5.41, 5.74) is 0.986. The van der Waals surface area contributed by atoms with E-state index < -0.39 is 0 Å². The Labute approximate surface area is 85.3 Å². The molecule has 0 unspecified atom stereocenters. The number of hydrogen-bond acceptors (Lipinski definition) is 1. The van der Waals surface area contributed by atoms with Crippen molar-refractivity contribution in [2.24, 2.45) is 5.92 Å². The monoisotopic (exact) mass is 195 g/mol. The fourth-order valence-electron chi connectivity index (χ4n) is 1.60. The summed E-state index contributed by atoms with van der Waals surface area (Å²) in [5.74, 6) is 0.491. The Kier molecular flexibility index (Phi) is 3.93. The largest absolute Gasteiger partial charge is 0.383 e. The van der Waals surface area contributed by atoms with E-state index in [2.05, 4.69) is 26.1 Å². The molecule has 1 aromatic rings. The van der Waals surface area contributed by atoms with E-state index in [0.717, 1.165) is 12.1 Å². The first-order valence-electron chi connectivity index (χ1n) is 5.10. The molecule has 1 nitrogen and oxygen atoms in total. The Morgan fingerprint density at radius 1 is 1.14 bits per heavy atom. The molecular weight excluding hydrogens is 177 g/mol. The molecule has 1 aromatic carbocycles. The fourth-order valence-corrected chi connectivity index (χ4v) is 1.60. The average molecular weight is 195 g/mol. The van der Waals surface area contributed by atoms with Gasteiger partial charge in [0.1, 0.15) is 5.82 Å². The van der Waals surface area contributed by atoms with Crippen LogP contribution in [0.25, 0.3) is 0 Å². The smallest absolute Gasteiger partial charge is 0.123 e. The molecule has 0 amide bonds. The lowest BCUT2D eigenvalue weighted by Gasteiger charge is -2.17. The summed E-state index contributed by atoms with van der Waals surface area (Å²) in [6.45, 7) is 6.54. The van der Waals surface area contributed by atoms with E-state index in [1.165, 1.54) is 12.1 Å². The van der Waals surface area contributed by atoms with Gasteiger partial charge in [0.15, 0.2) is 0 Å². The molecule has 2 heteroatoms. The van der Waals surface area contributed by atoms with Crippen LogP contribution in [0.15, 0.2) is 24.3 Å². The highest BCUT2D eigenvalue weighted by molar-refractivity contribution is 5.43. The number of halogens is 1. The van der Waals surface area contributed by atoms with Gasteiger partial charge in [0, 0.05) is 11.7 Å². The van der Waals surface area contributed by atoms with E-state index in [-0.39, 0.29) is 5.82 Å². The minimum absolute atomic E-state index is 0.188. The number of nitrogens with one attached hydrogen (secondary N) is 1. The second-order valence-corrected chi connectivity index (χ2v) is 4.18. The summed E-state index contributed by atoms with van der Waals surface area (Å²) >= 11 is 0. The lowest BCUT2D eigenvalue weighted by molar-refractivity contribution is 0.539. The van der Waals surface area contributed by atoms with Crippen LogP contribution in [0.5, 0.6) is 0 Å². The van der Waals surface area contributed by atoms with Gasteiger partial charge >= 0.3 is 0 Å². The summed E-state index contributed by atoms with van der Waals surface area (Å²) in [7, 11) is 0. The first-order valence-corrected chi connectivity index (χ1v) is 5.10. The first kappa shape index (κ1) is 11.0. The van der Waals surface area contributed by atoms with Crippen molar-refractivity contribution in [3.8, 4) is 0 Å². The van der Waals surface area contributed by atoms with Crippen molar-refractivity contribution in [1.82, 2.24) is 0 Å². The van der Waals surface area contributed by atoms with Gasteiger partial charge in [-0.05, 0) is 43.5 Å². The van der Waals surface area contributed by atoms with E-state index in [1.807, 2.05) is 0 Å². The molecule has 0 spiro atoms. The minimum Gasteiger partial charge on any atom is -0.383 e. The zero-order valence-electron chi connectivity index (χ0n) is 9.05. The Morgan fingerprint density at radius 3 is 2.21 bits per heavy atom. The van der Waals surface area contributed by atoms with Crippen molar-refractivity contribution in [2.75, 3.05) is 5.32 Å². The molecule has 1 N–H and O–H groups in total. The lowest BCUT2D eigenvalue weighted by Crippen LogP contribution is -2.17. The molecule has 0 fully saturated rings. The SMILES string of the molecule is CC(C)C[C@@H](C)Nc1ccc(F)cc1. The summed E-state index contributed by atoms with van der Waals surface area (Å²) in [5, 5.41) is 3.33. The molecule has 0 aliphatic heterocycles. The van der Waals surface area contributed by atoms with Crippen LogP contribution in [0, 0.1) is 11.7 Å². The zero-order valence-corrected chi connectivity index (χ0v) is 9.05. The van der Waals surface area contributed by atoms with Crippen LogP contribution in [0.2, 0.25) is 0 Å². The highest BCUT2D eigenvalue weighted by Gasteiger charge is 2.04. The molecular formula is C12H18FN. The van der Waals surface area contributed by atoms with E-state index in [9.17, 15) is 4.39 Å². The maximum atomic E-state index is 12.6. The predicted octanol–water partition coefficient (Wildman–Crippen LogP) is 3.67. The van der Waals surface area contributed by atoms with E-state index in [0.29, 0.717) is 12.0 Å². The molecule has 1 rings (SSSR count). The predicted molar refractivity (Wildman–Crippen MR) is 58.9 cm³/mol. The van der Waals surface area contributed by atoms with Gasteiger partial charge in [0.2, 0.25) is 0 Å². The lowest BCUT2D eigenvalue weighted by atomic mass is 10.1. The standard InChI is InChI=1S/C12H18FN/c1-9(2)8-10(3)14-12-6-4-11(13)5-7-12/h4-7,9-10,14H,8H2,1-3H3/t10-/m1/s1. The maximum Gasteiger partial charge on any atom is 0.123 e. The molecule has 1 atom stereocenters. The summed E-state index contributed by atoms with van der Waals surface area (Å²) in [6.07, 6.45) is 1.12. The van der Waals surface area contributed by atoms with Gasteiger partial charge in [-0.25, -0.2) is 4.39 Å². The average Bonchev–Trinajstić information content (AvgIpc) is 2.07. The van der Waals surface area contributed by atoms with Crippen molar-refractivity contribution < 1.29 is 4.39 Å². The van der Waals surface area contributed by atoms with Crippen molar-refractivity contribution in [3.05, 3.63) is 30.1 Å². The normalized spacial score (nSPS) is 12.9. The molecule has 0 bridgehead atoms. The Morgan fingerprint density at radius 2 is 1.71 bits per heavy atom. The van der Waals surface area contributed by atoms with Crippen molar-refractivity contribution in [3.63, 3.8) is 0 Å². The van der Waals surface area contributed by atoms with Gasteiger partial charge in [-0.1, -0.05) is 13.8 Å². The van der Waals surface area contributed by atoms with Crippen LogP contribution in [0.1, 0.15) is 27.2 Å². The van der Waals surface area contributed by atoms with Crippen molar-refractivity contribution >= 4 is 5.69 Å². The molecule has 0 aliphatic rings. The van der Waals surface area contributed by atoms with Gasteiger partial charge in [0.25, 0.3) is 0 Å². The highest BCUT2D eigenvalue weighted by Crippen LogP contribution is 2.13. The third kappa shape index (κ3) is 3.77. The van der Waals surface area contributed by atoms with Crippen LogP contribution in [0.3, 0.4) is 0 Å². The van der Waals surface area contributed by atoms with Gasteiger partial charge < -0.3 is 5.32 Å². The number of hydrogen-bond donors (Lipinski definition) is 1. The molecule has 0 aliphatic carbocycles. The molecule has 0 saturated heterocycles. The topological polar surface area (TPSA) is 12.0 Å². The van der Waals surface area contributed by atoms with E-state index >= 15 is 0 Å². The molecule has 0 radical (unpaired) electrons. The van der Waals surface area contributed by atoms with Crippen molar-refractivity contribution in [1.29, 1.82) is 0 Å². The summed E-state index contributed by atoms with van der Waals surface area (Å²) in [4.78, 5) is 0. The maximum absolute atomic E-state index is 12.6. The second kappa shape index (κ2) is 4.99. The third-order valence-electron chi connectivity index (χ3n) is 2.08. The highest BCUT2D eigenvalue weighted by atomic mass is 19.1. The van der Waals surface area contributed by atoms with Gasteiger partial charge in [-0.15, -0.1) is 0 Å². The quantitative estimate of drug-likeness (QED) is 0.773. The molecule has 0 saturated carbocycles. The van der Waals surface area contributed by atoms with Crippen LogP contribution < -0.4 is 5.32 Å². The van der Waals surface area contributed by atoms with Crippen molar-refractivity contribution in [2.45, 2.75) is 33.2 Å². The van der Waals surface area contributed by atoms with E-state index in [1.54, 1.807) is 12.1 Å². The Bertz CT molecular complexity index is 266. The van der Waals surface area contributed by atoms with Crippen LogP contribution in [-0.4, -0.2) is 6.04 Å². The van der Waals surface area contributed by atoms with Crippen LogP contribution in [0.4, 0.5) is 10.1 Å². The zero-order chi connectivity index (χ0) is 10.6. The minimum atomic E-state index is -0.188. The number of benzene rings is 1. The van der Waals surface area contributed by atoms with E-state index in [4.69, 9.17) is 0 Å².